The third kappa shape index (κ3) is 16.4. The number of ether oxygens (including phenoxy) is 2. The molecular weight excluding hydrogens is 435 g/mol. The van der Waals surface area contributed by atoms with Crippen molar-refractivity contribution in [1.29, 1.82) is 0 Å². The fourth-order valence-electron chi connectivity index (χ4n) is 1.71. The molecule has 8 heteroatoms. The summed E-state index contributed by atoms with van der Waals surface area (Å²) < 4.78 is 10.8. The zero-order chi connectivity index (χ0) is 18.8. The van der Waals surface area contributed by atoms with Gasteiger partial charge in [0.05, 0.1) is 12.1 Å². The predicted molar refractivity (Wildman–Crippen MR) is 114 cm³/mol. The molecule has 0 aromatic rings. The first kappa shape index (κ1) is 26.5. The minimum atomic E-state index is -0.513. The van der Waals surface area contributed by atoms with Crippen LogP contribution in [0.3, 0.4) is 0 Å². The maximum atomic E-state index is 11.9. The Kier molecular flexibility index (Phi) is 13.3. The monoisotopic (exact) mass is 472 g/mol. The molecule has 7 nitrogen and oxygen atoms in total. The maximum absolute atomic E-state index is 11.9. The van der Waals surface area contributed by atoms with Gasteiger partial charge in [0, 0.05) is 26.7 Å². The standard InChI is InChI=1S/C17H36N4O3.HI/c1-13(2)11-23-10-9-19-14(18-8)20-12-17(6,7)21-15(22)24-16(3,4)5;/h13H,9-12H2,1-8H3,(H,21,22)(H2,18,19,20);1H. The molecule has 0 aromatic heterocycles. The van der Waals surface area contributed by atoms with Crippen LogP contribution in [0.25, 0.3) is 0 Å². The maximum Gasteiger partial charge on any atom is 0.408 e. The highest BCUT2D eigenvalue weighted by Crippen LogP contribution is 2.09. The van der Waals surface area contributed by atoms with E-state index in [1.807, 2.05) is 34.6 Å². The molecule has 150 valence electrons. The summed E-state index contributed by atoms with van der Waals surface area (Å²) in [6.07, 6.45) is -0.431. The molecule has 3 N–H and O–H groups in total. The van der Waals surface area contributed by atoms with E-state index >= 15 is 0 Å². The van der Waals surface area contributed by atoms with E-state index in [2.05, 4.69) is 34.8 Å². The van der Waals surface area contributed by atoms with Crippen molar-refractivity contribution >= 4 is 36.0 Å². The van der Waals surface area contributed by atoms with Gasteiger partial charge in [-0.1, -0.05) is 13.8 Å². The molecule has 0 aromatic carbocycles. The van der Waals surface area contributed by atoms with Gasteiger partial charge >= 0.3 is 6.09 Å². The van der Waals surface area contributed by atoms with Crippen LogP contribution in [-0.2, 0) is 9.47 Å². The first-order valence-corrected chi connectivity index (χ1v) is 8.48. The van der Waals surface area contributed by atoms with Crippen LogP contribution >= 0.6 is 24.0 Å². The third-order valence-electron chi connectivity index (χ3n) is 2.75. The van der Waals surface area contributed by atoms with Crippen LogP contribution in [0.5, 0.6) is 0 Å². The number of hydrogen-bond acceptors (Lipinski definition) is 4. The molecule has 0 fully saturated rings. The van der Waals surface area contributed by atoms with Crippen LogP contribution in [0.15, 0.2) is 4.99 Å². The average Bonchev–Trinajstić information content (AvgIpc) is 2.38. The molecule has 0 saturated heterocycles. The number of carbonyl (C=O) groups excluding carboxylic acids is 1. The van der Waals surface area contributed by atoms with E-state index < -0.39 is 17.2 Å². The average molecular weight is 472 g/mol. The lowest BCUT2D eigenvalue weighted by Gasteiger charge is -2.29. The number of aliphatic imine (C=N–C) groups is 1. The van der Waals surface area contributed by atoms with Gasteiger partial charge in [-0.25, -0.2) is 4.79 Å². The second-order valence-corrected chi connectivity index (χ2v) is 7.83. The summed E-state index contributed by atoms with van der Waals surface area (Å²) in [5, 5.41) is 9.22. The molecule has 0 spiro atoms. The van der Waals surface area contributed by atoms with Crippen molar-refractivity contribution < 1.29 is 14.3 Å². The number of nitrogens with zero attached hydrogens (tertiary/aromatic N) is 1. The molecule has 0 radical (unpaired) electrons. The van der Waals surface area contributed by atoms with Gasteiger partial charge in [-0.3, -0.25) is 4.99 Å². The molecule has 0 aliphatic rings. The molecule has 0 aliphatic carbocycles. The lowest BCUT2D eigenvalue weighted by molar-refractivity contribution is 0.0474. The Labute approximate surface area is 170 Å². The van der Waals surface area contributed by atoms with Gasteiger partial charge in [-0.05, 0) is 40.5 Å². The second-order valence-electron chi connectivity index (χ2n) is 7.83. The van der Waals surface area contributed by atoms with Gasteiger partial charge in [0.15, 0.2) is 5.96 Å². The zero-order valence-corrected chi connectivity index (χ0v) is 19.3. The number of hydrogen-bond donors (Lipinski definition) is 3. The summed E-state index contributed by atoms with van der Waals surface area (Å²) in [6.45, 7) is 16.2. The zero-order valence-electron chi connectivity index (χ0n) is 17.0. The van der Waals surface area contributed by atoms with E-state index in [1.165, 1.54) is 0 Å². The van der Waals surface area contributed by atoms with Crippen LogP contribution in [0.1, 0.15) is 48.5 Å². The molecule has 1 amide bonds. The Morgan fingerprint density at radius 1 is 1.12 bits per heavy atom. The third-order valence-corrected chi connectivity index (χ3v) is 2.75. The molecule has 25 heavy (non-hydrogen) atoms. The molecule has 0 unspecified atom stereocenters. The van der Waals surface area contributed by atoms with E-state index in [-0.39, 0.29) is 24.0 Å². The molecule has 0 heterocycles. The molecule has 0 aliphatic heterocycles. The van der Waals surface area contributed by atoms with Crippen molar-refractivity contribution in [3.8, 4) is 0 Å². The Morgan fingerprint density at radius 2 is 1.72 bits per heavy atom. The first-order valence-electron chi connectivity index (χ1n) is 8.48. The van der Waals surface area contributed by atoms with E-state index in [0.29, 0.717) is 31.6 Å². The van der Waals surface area contributed by atoms with Gasteiger partial charge in [0.1, 0.15) is 5.60 Å². The minimum absolute atomic E-state index is 0. The lowest BCUT2D eigenvalue weighted by Crippen LogP contribution is -2.54. The summed E-state index contributed by atoms with van der Waals surface area (Å²) >= 11 is 0. The normalized spacial score (nSPS) is 12.4. The number of nitrogens with one attached hydrogen (secondary N) is 3. The highest BCUT2D eigenvalue weighted by atomic mass is 127. The van der Waals surface area contributed by atoms with Crippen LogP contribution < -0.4 is 16.0 Å². The smallest absolute Gasteiger partial charge is 0.408 e. The number of alkyl carbamates (subject to hydrolysis) is 1. The fraction of sp³-hybridized carbons (Fsp3) is 0.882. The summed E-state index contributed by atoms with van der Waals surface area (Å²) in [5.74, 6) is 1.20. The highest BCUT2D eigenvalue weighted by Gasteiger charge is 2.24. The van der Waals surface area contributed by atoms with Gasteiger partial charge in [0.2, 0.25) is 0 Å². The molecule has 0 rings (SSSR count). The number of carbonyl (C=O) groups is 1. The summed E-state index contributed by atoms with van der Waals surface area (Å²) in [7, 11) is 1.71. The van der Waals surface area contributed by atoms with E-state index in [0.717, 1.165) is 6.61 Å². The largest absolute Gasteiger partial charge is 0.444 e. The van der Waals surface area contributed by atoms with Crippen molar-refractivity contribution in [3.05, 3.63) is 0 Å². The number of halogens is 1. The Morgan fingerprint density at radius 3 is 2.20 bits per heavy atom. The van der Waals surface area contributed by atoms with Gasteiger partial charge < -0.3 is 25.4 Å². The van der Waals surface area contributed by atoms with Crippen LogP contribution in [0.4, 0.5) is 4.79 Å². The number of amides is 1. The molecular formula is C17H37IN4O3. The van der Waals surface area contributed by atoms with Gasteiger partial charge in [-0.2, -0.15) is 0 Å². The first-order chi connectivity index (χ1) is 10.9. The topological polar surface area (TPSA) is 84.0 Å². The molecule has 0 bridgehead atoms. The second kappa shape index (κ2) is 12.6. The summed E-state index contributed by atoms with van der Waals surface area (Å²) in [4.78, 5) is 16.0. The SMILES string of the molecule is CN=C(NCCOCC(C)C)NCC(C)(C)NC(=O)OC(C)(C)C.I. The van der Waals surface area contributed by atoms with Crippen LogP contribution in [-0.4, -0.2) is 56.5 Å². The van der Waals surface area contributed by atoms with Crippen molar-refractivity contribution in [3.63, 3.8) is 0 Å². The minimum Gasteiger partial charge on any atom is -0.444 e. The van der Waals surface area contributed by atoms with Crippen LogP contribution in [0.2, 0.25) is 0 Å². The quantitative estimate of drug-likeness (QED) is 0.219. The highest BCUT2D eigenvalue weighted by molar-refractivity contribution is 14.0. The van der Waals surface area contributed by atoms with Crippen molar-refractivity contribution in [1.82, 2.24) is 16.0 Å². The Bertz CT molecular complexity index is 407. The number of guanidine groups is 1. The number of rotatable bonds is 8. The summed E-state index contributed by atoms with van der Waals surface area (Å²) in [6, 6.07) is 0. The van der Waals surface area contributed by atoms with Gasteiger partial charge in [-0.15, -0.1) is 24.0 Å². The predicted octanol–water partition coefficient (Wildman–Crippen LogP) is 2.75. The molecule has 0 atom stereocenters. The van der Waals surface area contributed by atoms with Gasteiger partial charge in [0.25, 0.3) is 0 Å². The van der Waals surface area contributed by atoms with Crippen LogP contribution in [0, 0.1) is 5.92 Å². The summed E-state index contributed by atoms with van der Waals surface area (Å²) in [5.41, 5.74) is -0.991. The molecule has 0 saturated carbocycles. The lowest BCUT2D eigenvalue weighted by atomic mass is 10.1. The van der Waals surface area contributed by atoms with Crippen molar-refractivity contribution in [2.45, 2.75) is 59.6 Å². The van der Waals surface area contributed by atoms with E-state index in [1.54, 1.807) is 7.05 Å². The Hall–Kier alpha value is -0.770. The van der Waals surface area contributed by atoms with Crippen molar-refractivity contribution in [2.24, 2.45) is 10.9 Å². The Balaban J connectivity index is 0. The van der Waals surface area contributed by atoms with E-state index in [4.69, 9.17) is 9.47 Å². The van der Waals surface area contributed by atoms with E-state index in [9.17, 15) is 4.79 Å². The van der Waals surface area contributed by atoms with Crippen molar-refractivity contribution in [2.75, 3.05) is 33.4 Å². The fourth-order valence-corrected chi connectivity index (χ4v) is 1.71.